The van der Waals surface area contributed by atoms with Crippen LogP contribution in [-0.2, 0) is 14.8 Å². The number of carbonyl (C=O) groups is 1. The average Bonchev–Trinajstić information content (AvgIpc) is 2.54. The van der Waals surface area contributed by atoms with Crippen molar-refractivity contribution in [3.05, 3.63) is 29.8 Å². The van der Waals surface area contributed by atoms with Crippen molar-refractivity contribution >= 4 is 21.7 Å². The highest BCUT2D eigenvalue weighted by Gasteiger charge is 2.19. The zero-order chi connectivity index (χ0) is 16.7. The van der Waals surface area contributed by atoms with Crippen LogP contribution in [0.2, 0.25) is 0 Å². The highest BCUT2D eigenvalue weighted by atomic mass is 32.2. The van der Waals surface area contributed by atoms with Gasteiger partial charge in [0.05, 0.1) is 11.3 Å². The Morgan fingerprint density at radius 3 is 2.43 bits per heavy atom. The summed E-state index contributed by atoms with van der Waals surface area (Å²) in [7, 11) is -3.32. The van der Waals surface area contributed by atoms with Crippen LogP contribution in [0.3, 0.4) is 0 Å². The Labute approximate surface area is 138 Å². The van der Waals surface area contributed by atoms with E-state index in [-0.39, 0.29) is 17.8 Å². The monoisotopic (exact) mass is 339 g/mol. The summed E-state index contributed by atoms with van der Waals surface area (Å²) in [6.45, 7) is 1.95. The molecule has 1 aromatic carbocycles. The lowest BCUT2D eigenvalue weighted by molar-refractivity contribution is 0.0211. The number of nitrogens with one attached hydrogen (secondary N) is 1. The number of rotatable bonds is 7. The maximum absolute atomic E-state index is 12.1. The van der Waals surface area contributed by atoms with Gasteiger partial charge in [0.15, 0.2) is 0 Å². The Morgan fingerprint density at radius 2 is 1.83 bits per heavy atom. The predicted octanol–water partition coefficient (Wildman–Crippen LogP) is 3.72. The summed E-state index contributed by atoms with van der Waals surface area (Å²) in [6, 6.07) is 6.40. The molecule has 0 unspecified atom stereocenters. The molecular formula is C17H25NO4S. The molecule has 0 spiro atoms. The normalized spacial score (nSPS) is 16.0. The van der Waals surface area contributed by atoms with E-state index in [1.165, 1.54) is 6.42 Å². The molecule has 0 saturated heterocycles. The fraction of sp³-hybridized carbons (Fsp3) is 0.588. The van der Waals surface area contributed by atoms with E-state index in [2.05, 4.69) is 4.72 Å². The first-order chi connectivity index (χ1) is 11.0. The van der Waals surface area contributed by atoms with Crippen molar-refractivity contribution in [1.82, 2.24) is 0 Å². The van der Waals surface area contributed by atoms with E-state index >= 15 is 0 Å². The molecule has 6 heteroatoms. The molecule has 5 nitrogen and oxygen atoms in total. The molecule has 0 aliphatic heterocycles. The highest BCUT2D eigenvalue weighted by Crippen LogP contribution is 2.22. The van der Waals surface area contributed by atoms with Crippen molar-refractivity contribution in [1.29, 1.82) is 0 Å². The third-order valence-corrected chi connectivity index (χ3v) is 5.36. The molecule has 1 N–H and O–H groups in total. The summed E-state index contributed by atoms with van der Waals surface area (Å²) < 4.78 is 31.7. The smallest absolute Gasteiger partial charge is 0.338 e. The van der Waals surface area contributed by atoms with Crippen LogP contribution in [0, 0.1) is 0 Å². The Balaban J connectivity index is 1.92. The van der Waals surface area contributed by atoms with Crippen molar-refractivity contribution in [2.75, 3.05) is 10.5 Å². The second-order valence-electron chi connectivity index (χ2n) is 6.02. The lowest BCUT2D eigenvalue weighted by atomic mass is 9.98. The molecule has 1 aliphatic carbocycles. The van der Waals surface area contributed by atoms with E-state index in [0.29, 0.717) is 17.7 Å². The van der Waals surface area contributed by atoms with Crippen LogP contribution in [0.25, 0.3) is 0 Å². The van der Waals surface area contributed by atoms with Crippen LogP contribution < -0.4 is 4.72 Å². The highest BCUT2D eigenvalue weighted by molar-refractivity contribution is 7.92. The number of ether oxygens (including phenoxy) is 1. The first-order valence-corrected chi connectivity index (χ1v) is 9.97. The largest absolute Gasteiger partial charge is 0.459 e. The van der Waals surface area contributed by atoms with Gasteiger partial charge in [-0.3, -0.25) is 4.72 Å². The van der Waals surface area contributed by atoms with E-state index in [0.717, 1.165) is 32.1 Å². The average molecular weight is 339 g/mol. The van der Waals surface area contributed by atoms with E-state index in [1.54, 1.807) is 24.3 Å². The molecule has 0 bridgehead atoms. The number of benzene rings is 1. The number of carbonyl (C=O) groups excluding carboxylic acids is 1. The Bertz CT molecular complexity index is 604. The SMILES string of the molecule is CCCCS(=O)(=O)Nc1ccc(C(=O)OC2CCCCC2)cc1. The van der Waals surface area contributed by atoms with Crippen molar-refractivity contribution in [2.24, 2.45) is 0 Å². The quantitative estimate of drug-likeness (QED) is 0.769. The van der Waals surface area contributed by atoms with Crippen LogP contribution in [0.5, 0.6) is 0 Å². The van der Waals surface area contributed by atoms with Gasteiger partial charge in [0.1, 0.15) is 6.10 Å². The van der Waals surface area contributed by atoms with E-state index in [9.17, 15) is 13.2 Å². The third-order valence-electron chi connectivity index (χ3n) is 3.99. The molecule has 2 rings (SSSR count). The third kappa shape index (κ3) is 5.86. The molecule has 1 aromatic rings. The standard InChI is InChI=1S/C17H25NO4S/c1-2-3-13-23(20,21)18-15-11-9-14(10-12-15)17(19)22-16-7-5-4-6-8-16/h9-12,16,18H,2-8,13H2,1H3. The summed E-state index contributed by atoms with van der Waals surface area (Å²) in [4.78, 5) is 12.1. The van der Waals surface area contributed by atoms with Gasteiger partial charge in [-0.25, -0.2) is 13.2 Å². The summed E-state index contributed by atoms with van der Waals surface area (Å²) in [5, 5.41) is 0. The minimum atomic E-state index is -3.32. The maximum atomic E-state index is 12.1. The second-order valence-corrected chi connectivity index (χ2v) is 7.86. The van der Waals surface area contributed by atoms with Crippen LogP contribution in [0.4, 0.5) is 5.69 Å². The van der Waals surface area contributed by atoms with Gasteiger partial charge in [0.25, 0.3) is 0 Å². The first kappa shape index (κ1) is 17.8. The molecule has 1 saturated carbocycles. The number of hydrogen-bond acceptors (Lipinski definition) is 4. The van der Waals surface area contributed by atoms with Gasteiger partial charge in [-0.05, 0) is 56.4 Å². The van der Waals surface area contributed by atoms with Crippen molar-refractivity contribution in [3.63, 3.8) is 0 Å². The number of sulfonamides is 1. The maximum Gasteiger partial charge on any atom is 0.338 e. The summed E-state index contributed by atoms with van der Waals surface area (Å²) in [5.74, 6) is -0.230. The summed E-state index contributed by atoms with van der Waals surface area (Å²) in [6.07, 6.45) is 6.76. The minimum absolute atomic E-state index is 0.0171. The molecule has 0 aromatic heterocycles. The van der Waals surface area contributed by atoms with Crippen molar-refractivity contribution < 1.29 is 17.9 Å². The van der Waals surface area contributed by atoms with Gasteiger partial charge < -0.3 is 4.74 Å². The predicted molar refractivity (Wildman–Crippen MR) is 91.0 cm³/mol. The molecule has 23 heavy (non-hydrogen) atoms. The van der Waals surface area contributed by atoms with E-state index in [4.69, 9.17) is 4.74 Å². The van der Waals surface area contributed by atoms with Crippen LogP contribution in [0.1, 0.15) is 62.2 Å². The molecule has 128 valence electrons. The number of unbranched alkanes of at least 4 members (excludes halogenated alkanes) is 1. The van der Waals surface area contributed by atoms with Gasteiger partial charge in [0, 0.05) is 5.69 Å². The van der Waals surface area contributed by atoms with Crippen molar-refractivity contribution in [2.45, 2.75) is 58.0 Å². The van der Waals surface area contributed by atoms with Crippen LogP contribution in [-0.4, -0.2) is 26.2 Å². The van der Waals surface area contributed by atoms with Crippen molar-refractivity contribution in [3.8, 4) is 0 Å². The molecular weight excluding hydrogens is 314 g/mol. The minimum Gasteiger partial charge on any atom is -0.459 e. The van der Waals surface area contributed by atoms with E-state index in [1.807, 2.05) is 6.92 Å². The molecule has 0 atom stereocenters. The zero-order valence-corrected chi connectivity index (χ0v) is 14.4. The van der Waals surface area contributed by atoms with Gasteiger partial charge in [0.2, 0.25) is 10.0 Å². The van der Waals surface area contributed by atoms with Gasteiger partial charge in [-0.1, -0.05) is 19.8 Å². The molecule has 0 heterocycles. The Kier molecular flexibility index (Phi) is 6.45. The lowest BCUT2D eigenvalue weighted by Crippen LogP contribution is -2.21. The van der Waals surface area contributed by atoms with Gasteiger partial charge in [-0.15, -0.1) is 0 Å². The topological polar surface area (TPSA) is 72.5 Å². The second kappa shape index (κ2) is 8.34. The molecule has 1 aliphatic rings. The van der Waals surface area contributed by atoms with Gasteiger partial charge >= 0.3 is 5.97 Å². The lowest BCUT2D eigenvalue weighted by Gasteiger charge is -2.21. The van der Waals surface area contributed by atoms with Gasteiger partial charge in [-0.2, -0.15) is 0 Å². The first-order valence-electron chi connectivity index (χ1n) is 8.32. The number of esters is 1. The summed E-state index contributed by atoms with van der Waals surface area (Å²) >= 11 is 0. The van der Waals surface area contributed by atoms with Crippen LogP contribution in [0.15, 0.2) is 24.3 Å². The summed E-state index contributed by atoms with van der Waals surface area (Å²) in [5.41, 5.74) is 0.919. The number of hydrogen-bond donors (Lipinski definition) is 1. The number of anilines is 1. The Morgan fingerprint density at radius 1 is 1.17 bits per heavy atom. The van der Waals surface area contributed by atoms with Crippen LogP contribution >= 0.6 is 0 Å². The fourth-order valence-electron chi connectivity index (χ4n) is 2.64. The van der Waals surface area contributed by atoms with E-state index < -0.39 is 10.0 Å². The molecule has 0 radical (unpaired) electrons. The Hall–Kier alpha value is -1.56. The fourth-order valence-corrected chi connectivity index (χ4v) is 3.91. The molecule has 1 fully saturated rings. The zero-order valence-electron chi connectivity index (χ0n) is 13.6. The molecule has 0 amide bonds.